The van der Waals surface area contributed by atoms with Gasteiger partial charge in [-0.1, -0.05) is 5.16 Å². The zero-order valence-electron chi connectivity index (χ0n) is 18.2. The number of furan rings is 1. The van der Waals surface area contributed by atoms with Crippen LogP contribution >= 0.6 is 11.3 Å². The van der Waals surface area contributed by atoms with Crippen LogP contribution in [0.3, 0.4) is 0 Å². The number of hydrogen-bond acceptors (Lipinski definition) is 10. The van der Waals surface area contributed by atoms with Gasteiger partial charge in [0.1, 0.15) is 11.3 Å². The second-order valence-electron chi connectivity index (χ2n) is 7.73. The molecule has 1 N–H and O–H groups in total. The lowest BCUT2D eigenvalue weighted by molar-refractivity contribution is -0.179. The Hall–Kier alpha value is -3.21. The first kappa shape index (κ1) is 24.1. The first-order chi connectivity index (χ1) is 14.4. The topological polar surface area (TPSA) is 129 Å². The molecule has 0 saturated carbocycles. The number of anilines is 1. The number of carbonyl (C=O) groups is 3. The maximum atomic E-state index is 12.4. The van der Waals surface area contributed by atoms with Crippen molar-refractivity contribution in [1.82, 2.24) is 4.98 Å². The average Bonchev–Trinajstić information content (AvgIpc) is 3.33. The number of ether oxygens (including phenoxy) is 2. The molecular weight excluding hydrogens is 426 g/mol. The third-order valence-corrected chi connectivity index (χ3v) is 4.19. The van der Waals surface area contributed by atoms with Crippen molar-refractivity contribution in [2.45, 2.75) is 52.7 Å². The highest BCUT2D eigenvalue weighted by Gasteiger charge is 2.36. The smallest absolute Gasteiger partial charge is 0.362 e. The van der Waals surface area contributed by atoms with Gasteiger partial charge in [0.25, 0.3) is 5.91 Å². The number of hydrogen-bond donors (Lipinski definition) is 1. The molecule has 2 rings (SSSR count). The Kier molecular flexibility index (Phi) is 7.55. The second kappa shape index (κ2) is 9.73. The van der Waals surface area contributed by atoms with Crippen molar-refractivity contribution in [1.29, 1.82) is 0 Å². The van der Waals surface area contributed by atoms with Crippen molar-refractivity contribution >= 4 is 40.0 Å². The van der Waals surface area contributed by atoms with E-state index >= 15 is 0 Å². The predicted octanol–water partition coefficient (Wildman–Crippen LogP) is 3.39. The Bertz CT molecular complexity index is 956. The van der Waals surface area contributed by atoms with Crippen LogP contribution < -0.4 is 5.32 Å². The van der Waals surface area contributed by atoms with Crippen molar-refractivity contribution in [3.63, 3.8) is 0 Å². The minimum atomic E-state index is -1.47. The first-order valence-electron chi connectivity index (χ1n) is 9.40. The molecule has 0 fully saturated rings. The number of carbonyl (C=O) groups excluding carboxylic acids is 3. The van der Waals surface area contributed by atoms with E-state index in [4.69, 9.17) is 18.7 Å². The molecule has 2 aromatic rings. The van der Waals surface area contributed by atoms with E-state index in [1.54, 1.807) is 33.8 Å². The molecule has 0 radical (unpaired) electrons. The summed E-state index contributed by atoms with van der Waals surface area (Å²) in [7, 11) is 0. The molecule has 0 atom stereocenters. The van der Waals surface area contributed by atoms with Crippen molar-refractivity contribution in [3.8, 4) is 0 Å². The summed E-state index contributed by atoms with van der Waals surface area (Å²) in [4.78, 5) is 46.4. The number of nitrogens with zero attached hydrogens (tertiary/aromatic N) is 2. The third kappa shape index (κ3) is 6.92. The number of aromatic nitrogens is 1. The quantitative estimate of drug-likeness (QED) is 0.367. The van der Waals surface area contributed by atoms with E-state index in [1.165, 1.54) is 31.6 Å². The Morgan fingerprint density at radius 2 is 1.94 bits per heavy atom. The molecule has 0 saturated heterocycles. The summed E-state index contributed by atoms with van der Waals surface area (Å²) in [5, 5.41) is 8.10. The van der Waals surface area contributed by atoms with Crippen molar-refractivity contribution in [2.24, 2.45) is 5.16 Å². The van der Waals surface area contributed by atoms with Gasteiger partial charge in [-0.05, 0) is 53.7 Å². The van der Waals surface area contributed by atoms with E-state index in [9.17, 15) is 14.4 Å². The van der Waals surface area contributed by atoms with E-state index < -0.39 is 29.0 Å². The molecule has 0 spiro atoms. The first-order valence-corrected chi connectivity index (χ1v) is 10.3. The minimum absolute atomic E-state index is 0.0968. The van der Waals surface area contributed by atoms with Crippen LogP contribution in [0.2, 0.25) is 0 Å². The van der Waals surface area contributed by atoms with E-state index in [-0.39, 0.29) is 28.9 Å². The van der Waals surface area contributed by atoms with E-state index in [2.05, 4.69) is 15.5 Å². The molecule has 2 aromatic heterocycles. The van der Waals surface area contributed by atoms with Gasteiger partial charge in [0.05, 0.1) is 12.9 Å². The maximum absolute atomic E-state index is 12.4. The number of oxime groups is 1. The summed E-state index contributed by atoms with van der Waals surface area (Å²) < 4.78 is 15.4. The summed E-state index contributed by atoms with van der Waals surface area (Å²) in [6.07, 6.45) is 1.37. The van der Waals surface area contributed by atoms with Crippen LogP contribution in [0.4, 0.5) is 5.13 Å². The molecule has 168 valence electrons. The fraction of sp³-hybridized carbons (Fsp3) is 0.450. The molecule has 0 aliphatic carbocycles. The van der Waals surface area contributed by atoms with Crippen LogP contribution in [0, 0.1) is 0 Å². The van der Waals surface area contributed by atoms with E-state index in [1.807, 2.05) is 0 Å². The van der Waals surface area contributed by atoms with Gasteiger partial charge in [-0.25, -0.2) is 14.6 Å². The molecule has 0 aromatic carbocycles. The normalized spacial score (nSPS) is 12.3. The minimum Gasteiger partial charge on any atom is -0.461 e. The summed E-state index contributed by atoms with van der Waals surface area (Å²) in [6, 6.07) is 3.08. The maximum Gasteiger partial charge on any atom is 0.362 e. The summed E-state index contributed by atoms with van der Waals surface area (Å²) in [6.45, 7) is 9.83. The van der Waals surface area contributed by atoms with Gasteiger partial charge in [-0.3, -0.25) is 10.1 Å². The summed E-state index contributed by atoms with van der Waals surface area (Å²) in [5.74, 6) is -1.84. The lowest BCUT2D eigenvalue weighted by atomic mass is 10.1. The van der Waals surface area contributed by atoms with Gasteiger partial charge in [0, 0.05) is 5.38 Å². The van der Waals surface area contributed by atoms with Gasteiger partial charge in [-0.15, -0.1) is 11.3 Å². The molecule has 10 nitrogen and oxygen atoms in total. The molecular formula is C20H25N3O7S. The van der Waals surface area contributed by atoms with Gasteiger partial charge in [0.15, 0.2) is 10.9 Å². The molecule has 0 aliphatic rings. The molecule has 0 bridgehead atoms. The highest BCUT2D eigenvalue weighted by Crippen LogP contribution is 2.21. The molecule has 31 heavy (non-hydrogen) atoms. The van der Waals surface area contributed by atoms with Crippen molar-refractivity contribution in [2.75, 3.05) is 11.9 Å². The van der Waals surface area contributed by atoms with Crippen LogP contribution in [0.15, 0.2) is 33.3 Å². The number of esters is 2. The van der Waals surface area contributed by atoms with Gasteiger partial charge >= 0.3 is 11.9 Å². The fourth-order valence-corrected chi connectivity index (χ4v) is 2.68. The van der Waals surface area contributed by atoms with Crippen LogP contribution in [0.5, 0.6) is 0 Å². The fourth-order valence-electron chi connectivity index (χ4n) is 1.99. The molecule has 0 aliphatic heterocycles. The van der Waals surface area contributed by atoms with Gasteiger partial charge in [-0.2, -0.15) is 0 Å². The highest BCUT2D eigenvalue weighted by molar-refractivity contribution is 7.14. The number of rotatable bonds is 8. The van der Waals surface area contributed by atoms with Gasteiger partial charge < -0.3 is 18.7 Å². The van der Waals surface area contributed by atoms with Crippen LogP contribution in [0.25, 0.3) is 0 Å². The second-order valence-corrected chi connectivity index (χ2v) is 8.59. The van der Waals surface area contributed by atoms with Crippen LogP contribution in [-0.4, -0.2) is 46.4 Å². The largest absolute Gasteiger partial charge is 0.461 e. The Labute approximate surface area is 183 Å². The lowest BCUT2D eigenvalue weighted by Gasteiger charge is -2.26. The molecule has 0 unspecified atom stereocenters. The number of thiazole rings is 1. The molecule has 2 heterocycles. The Morgan fingerprint density at radius 3 is 2.52 bits per heavy atom. The number of nitrogens with one attached hydrogen (secondary N) is 1. The van der Waals surface area contributed by atoms with Crippen LogP contribution in [-0.2, 0) is 23.9 Å². The van der Waals surface area contributed by atoms with Crippen molar-refractivity contribution < 1.29 is 33.1 Å². The van der Waals surface area contributed by atoms with Gasteiger partial charge in [0.2, 0.25) is 11.3 Å². The summed E-state index contributed by atoms with van der Waals surface area (Å²) >= 11 is 1.07. The highest BCUT2D eigenvalue weighted by atomic mass is 32.1. The lowest BCUT2D eigenvalue weighted by Crippen LogP contribution is -2.40. The SMILES string of the molecule is CCOC(=O)C(=NOC(C)(C)C(=O)OC(C)(C)C)c1csc(NC(=O)c2ccco2)n1. The van der Waals surface area contributed by atoms with E-state index in [0.29, 0.717) is 0 Å². The van der Waals surface area contributed by atoms with Crippen LogP contribution in [0.1, 0.15) is 57.8 Å². The monoisotopic (exact) mass is 451 g/mol. The third-order valence-electron chi connectivity index (χ3n) is 3.44. The Balaban J connectivity index is 2.22. The molecule has 11 heteroatoms. The van der Waals surface area contributed by atoms with E-state index in [0.717, 1.165) is 11.3 Å². The predicted molar refractivity (Wildman–Crippen MR) is 113 cm³/mol. The average molecular weight is 452 g/mol. The standard InChI is InChI=1S/C20H25N3O7S/c1-7-27-16(25)14(23-30-20(5,6)17(26)29-19(2,3)4)12-11-31-18(21-12)22-15(24)13-9-8-10-28-13/h8-11H,7H2,1-6H3,(H,21,22,24). The van der Waals surface area contributed by atoms with Crippen molar-refractivity contribution in [3.05, 3.63) is 35.2 Å². The summed E-state index contributed by atoms with van der Waals surface area (Å²) in [5.41, 5.74) is -2.34. The Morgan fingerprint density at radius 1 is 1.23 bits per heavy atom. The molecule has 1 amide bonds. The zero-order valence-corrected chi connectivity index (χ0v) is 19.0. The number of amides is 1. The zero-order chi connectivity index (χ0) is 23.2.